The first-order chi connectivity index (χ1) is 13.3. The number of methoxy groups -OCH3 is 1. The van der Waals surface area contributed by atoms with E-state index >= 15 is 0 Å². The van der Waals surface area contributed by atoms with Crippen LogP contribution in [0.4, 0.5) is 5.69 Å². The molecule has 0 aliphatic carbocycles. The Bertz CT molecular complexity index is 661. The van der Waals surface area contributed by atoms with E-state index in [1.54, 1.807) is 7.11 Å². The first-order valence-electron chi connectivity index (χ1n) is 9.70. The third-order valence-corrected chi connectivity index (χ3v) is 5.03. The van der Waals surface area contributed by atoms with E-state index < -0.39 is 0 Å². The van der Waals surface area contributed by atoms with Crippen molar-refractivity contribution < 1.29 is 9.53 Å². The maximum absolute atomic E-state index is 12.6. The van der Waals surface area contributed by atoms with Crippen molar-refractivity contribution in [2.45, 2.75) is 26.4 Å². The minimum Gasteiger partial charge on any atom is -0.377 e. The van der Waals surface area contributed by atoms with Crippen LogP contribution in [0.5, 0.6) is 0 Å². The summed E-state index contributed by atoms with van der Waals surface area (Å²) in [4.78, 5) is 21.1. The molecule has 0 saturated carbocycles. The molecule has 9 heteroatoms. The molecule has 2 N–H and O–H groups in total. The average Bonchev–Trinajstić information content (AvgIpc) is 2.70. The number of hydrogen-bond donors (Lipinski definition) is 2. The maximum Gasteiger partial charge on any atom is 0.244 e. The Balaban J connectivity index is 0.00000420. The molecule has 29 heavy (non-hydrogen) atoms. The van der Waals surface area contributed by atoms with Crippen molar-refractivity contribution in [1.29, 1.82) is 0 Å². The first-order valence-corrected chi connectivity index (χ1v) is 10.1. The summed E-state index contributed by atoms with van der Waals surface area (Å²) in [7, 11) is 1.68. The zero-order valence-electron chi connectivity index (χ0n) is 17.7. The molecule has 1 saturated heterocycles. The van der Waals surface area contributed by atoms with E-state index in [1.165, 1.54) is 0 Å². The van der Waals surface area contributed by atoms with E-state index in [2.05, 4.69) is 20.5 Å². The van der Waals surface area contributed by atoms with Crippen LogP contribution in [0.25, 0.3) is 0 Å². The molecule has 1 aromatic carbocycles. The van der Waals surface area contributed by atoms with Crippen molar-refractivity contribution in [2.75, 3.05) is 57.8 Å². The number of aliphatic imine (C=N–C) groups is 1. The van der Waals surface area contributed by atoms with E-state index in [4.69, 9.17) is 16.3 Å². The Kier molecular flexibility index (Phi) is 11.1. The number of carbonyl (C=O) groups is 1. The summed E-state index contributed by atoms with van der Waals surface area (Å²) in [5.41, 5.74) is 0.826. The molecule has 0 atom stereocenters. The molecular formula is C20H33ClIN5O2. The highest BCUT2D eigenvalue weighted by Crippen LogP contribution is 2.19. The van der Waals surface area contributed by atoms with Crippen molar-refractivity contribution in [3.05, 3.63) is 29.3 Å². The molecule has 1 amide bonds. The largest absolute Gasteiger partial charge is 0.377 e. The van der Waals surface area contributed by atoms with Crippen molar-refractivity contribution in [2.24, 2.45) is 4.99 Å². The van der Waals surface area contributed by atoms with Gasteiger partial charge in [-0.3, -0.25) is 4.79 Å². The van der Waals surface area contributed by atoms with Crippen LogP contribution in [0.2, 0.25) is 5.02 Å². The topological polar surface area (TPSA) is 69.2 Å². The number of anilines is 1. The Labute approximate surface area is 196 Å². The van der Waals surface area contributed by atoms with Crippen LogP contribution in [0.1, 0.15) is 20.8 Å². The number of amides is 1. The molecule has 0 spiro atoms. The molecule has 2 rings (SSSR count). The van der Waals surface area contributed by atoms with Crippen molar-refractivity contribution in [1.82, 2.24) is 15.5 Å². The summed E-state index contributed by atoms with van der Waals surface area (Å²) in [5.74, 6) is 0.666. The number of nitrogens with zero attached hydrogens (tertiary/aromatic N) is 3. The van der Waals surface area contributed by atoms with E-state index in [1.807, 2.05) is 49.9 Å². The minimum absolute atomic E-state index is 0. The highest BCUT2D eigenvalue weighted by Gasteiger charge is 2.21. The van der Waals surface area contributed by atoms with Gasteiger partial charge in [-0.2, -0.15) is 0 Å². The average molecular weight is 538 g/mol. The molecule has 1 aromatic rings. The van der Waals surface area contributed by atoms with E-state index in [9.17, 15) is 4.79 Å². The zero-order chi connectivity index (χ0) is 20.6. The Morgan fingerprint density at radius 3 is 2.34 bits per heavy atom. The summed E-state index contributed by atoms with van der Waals surface area (Å²) in [5, 5.41) is 7.12. The molecule has 1 fully saturated rings. The van der Waals surface area contributed by atoms with Crippen molar-refractivity contribution in [3.8, 4) is 0 Å². The number of ether oxygens (including phenoxy) is 1. The van der Waals surface area contributed by atoms with Gasteiger partial charge in [-0.1, -0.05) is 11.6 Å². The number of guanidine groups is 1. The molecule has 164 valence electrons. The molecule has 0 unspecified atom stereocenters. The van der Waals surface area contributed by atoms with E-state index in [0.29, 0.717) is 25.6 Å². The van der Waals surface area contributed by atoms with Crippen LogP contribution < -0.4 is 15.5 Å². The van der Waals surface area contributed by atoms with Gasteiger partial charge in [0, 0.05) is 57.1 Å². The van der Waals surface area contributed by atoms with Gasteiger partial charge in [0.05, 0.1) is 5.60 Å². The molecule has 1 heterocycles. The monoisotopic (exact) mass is 537 g/mol. The summed E-state index contributed by atoms with van der Waals surface area (Å²) in [6, 6.07) is 7.81. The van der Waals surface area contributed by atoms with Gasteiger partial charge in [0.25, 0.3) is 0 Å². The van der Waals surface area contributed by atoms with Gasteiger partial charge < -0.3 is 25.2 Å². The molecule has 0 radical (unpaired) electrons. The predicted molar refractivity (Wildman–Crippen MR) is 131 cm³/mol. The molecule has 1 aliphatic rings. The van der Waals surface area contributed by atoms with Crippen molar-refractivity contribution in [3.63, 3.8) is 0 Å². The summed E-state index contributed by atoms with van der Waals surface area (Å²) in [6.45, 7) is 10.4. The molecule has 0 bridgehead atoms. The smallest absolute Gasteiger partial charge is 0.244 e. The van der Waals surface area contributed by atoms with E-state index in [0.717, 1.165) is 30.3 Å². The fourth-order valence-electron chi connectivity index (χ4n) is 2.82. The second-order valence-corrected chi connectivity index (χ2v) is 7.79. The molecule has 0 aromatic heterocycles. The lowest BCUT2D eigenvalue weighted by Gasteiger charge is -2.36. The van der Waals surface area contributed by atoms with Crippen LogP contribution in [0, 0.1) is 0 Å². The van der Waals surface area contributed by atoms with Crippen molar-refractivity contribution >= 4 is 53.1 Å². The number of benzene rings is 1. The number of rotatable bonds is 7. The molecule has 1 aliphatic heterocycles. The lowest BCUT2D eigenvalue weighted by molar-refractivity contribution is -0.129. The van der Waals surface area contributed by atoms with Crippen LogP contribution in [-0.2, 0) is 9.53 Å². The van der Waals surface area contributed by atoms with Gasteiger partial charge in [-0.15, -0.1) is 24.0 Å². The number of hydrogen-bond acceptors (Lipinski definition) is 4. The second-order valence-electron chi connectivity index (χ2n) is 7.36. The standard InChI is InChI=1S/C20H32ClN5O2.HI/c1-5-22-19(24-15-20(2,3)28-4)23-14-18(27)26-12-10-25(11-13-26)17-8-6-16(21)7-9-17;/h6-9H,5,10-15H2,1-4H3,(H2,22,23,24);1H. The van der Waals surface area contributed by atoms with Crippen LogP contribution in [0.15, 0.2) is 29.3 Å². The fourth-order valence-corrected chi connectivity index (χ4v) is 2.95. The second kappa shape index (κ2) is 12.4. The van der Waals surface area contributed by atoms with Crippen LogP contribution in [0.3, 0.4) is 0 Å². The fraction of sp³-hybridized carbons (Fsp3) is 0.600. The van der Waals surface area contributed by atoms with Gasteiger partial charge in [0.15, 0.2) is 5.96 Å². The first kappa shape index (κ1) is 25.8. The highest BCUT2D eigenvalue weighted by molar-refractivity contribution is 14.0. The molecular weight excluding hydrogens is 505 g/mol. The zero-order valence-corrected chi connectivity index (χ0v) is 20.8. The normalized spacial score (nSPS) is 15.0. The summed E-state index contributed by atoms with van der Waals surface area (Å²) in [6.07, 6.45) is 0. The minimum atomic E-state index is -0.307. The predicted octanol–water partition coefficient (Wildman–Crippen LogP) is 2.59. The summed E-state index contributed by atoms with van der Waals surface area (Å²) >= 11 is 5.95. The maximum atomic E-state index is 12.6. The summed E-state index contributed by atoms with van der Waals surface area (Å²) < 4.78 is 5.41. The van der Waals surface area contributed by atoms with Crippen LogP contribution in [-0.4, -0.2) is 75.3 Å². The van der Waals surface area contributed by atoms with Gasteiger partial charge in [-0.25, -0.2) is 4.99 Å². The Morgan fingerprint density at radius 1 is 1.17 bits per heavy atom. The van der Waals surface area contributed by atoms with Crippen LogP contribution >= 0.6 is 35.6 Å². The quantitative estimate of drug-likeness (QED) is 0.318. The van der Waals surface area contributed by atoms with Gasteiger partial charge >= 0.3 is 0 Å². The van der Waals surface area contributed by atoms with E-state index in [-0.39, 0.29) is 42.0 Å². The van der Waals surface area contributed by atoms with Gasteiger partial charge in [0.1, 0.15) is 6.54 Å². The van der Waals surface area contributed by atoms with Gasteiger partial charge in [0.2, 0.25) is 5.91 Å². The highest BCUT2D eigenvalue weighted by atomic mass is 127. The number of piperazine rings is 1. The number of halogens is 2. The van der Waals surface area contributed by atoms with Gasteiger partial charge in [-0.05, 0) is 45.0 Å². The Morgan fingerprint density at radius 2 is 1.79 bits per heavy atom. The lowest BCUT2D eigenvalue weighted by Crippen LogP contribution is -2.50. The SMILES string of the molecule is CCNC(=NCC(=O)N1CCN(c2ccc(Cl)cc2)CC1)NCC(C)(C)OC.I. The third-order valence-electron chi connectivity index (χ3n) is 4.77. The molecule has 7 nitrogen and oxygen atoms in total. The number of nitrogens with one attached hydrogen (secondary N) is 2. The third kappa shape index (κ3) is 8.55. The Hall–Kier alpha value is -1.26. The lowest BCUT2D eigenvalue weighted by atomic mass is 10.1. The number of carbonyl (C=O) groups excluding carboxylic acids is 1.